The molecule has 1 saturated heterocycles. The summed E-state index contributed by atoms with van der Waals surface area (Å²) in [4.78, 5) is 21.1. The molecule has 3 atom stereocenters. The molecule has 0 spiro atoms. The van der Waals surface area contributed by atoms with Crippen LogP contribution in [0.3, 0.4) is 0 Å². The zero-order valence-electron chi connectivity index (χ0n) is 26.1. The van der Waals surface area contributed by atoms with Crippen molar-refractivity contribution in [2.75, 3.05) is 20.2 Å². The summed E-state index contributed by atoms with van der Waals surface area (Å²) in [6, 6.07) is 18.6. The maximum atomic E-state index is 11.6. The minimum absolute atomic E-state index is 0.143. The van der Waals surface area contributed by atoms with Crippen LogP contribution in [-0.2, 0) is 17.8 Å². The second-order valence-electron chi connectivity index (χ2n) is 12.1. The topological polar surface area (TPSA) is 108 Å². The molecular weight excluding hydrogens is 621 g/mol. The van der Waals surface area contributed by atoms with Crippen LogP contribution >= 0.6 is 23.2 Å². The number of carbonyl (C=O) groups excluding carboxylic acids is 1. The van der Waals surface area contributed by atoms with Crippen LogP contribution in [0, 0.1) is 0 Å². The fourth-order valence-corrected chi connectivity index (χ4v) is 7.07. The molecule has 1 aliphatic heterocycles. The largest absolute Gasteiger partial charge is 0.481 e. The Hall–Kier alpha value is -3.53. The van der Waals surface area contributed by atoms with Gasteiger partial charge in [0.2, 0.25) is 11.8 Å². The Morgan fingerprint density at radius 1 is 1.04 bits per heavy atom. The summed E-state index contributed by atoms with van der Waals surface area (Å²) in [6.07, 6.45) is 5.99. The van der Waals surface area contributed by atoms with Crippen molar-refractivity contribution in [3.8, 4) is 39.5 Å². The van der Waals surface area contributed by atoms with E-state index < -0.39 is 6.10 Å². The molecule has 8 nitrogen and oxygen atoms in total. The molecule has 46 heavy (non-hydrogen) atoms. The number of aliphatic hydroxyl groups is 1. The van der Waals surface area contributed by atoms with Crippen LogP contribution in [-0.4, -0.2) is 53.3 Å². The Morgan fingerprint density at radius 3 is 2.65 bits per heavy atom. The van der Waals surface area contributed by atoms with Gasteiger partial charge in [0.1, 0.15) is 0 Å². The smallest absolute Gasteiger partial charge is 0.220 e. The fourth-order valence-electron chi connectivity index (χ4n) is 6.43. The second kappa shape index (κ2) is 14.5. The number of aryl methyl sites for hydroxylation is 1. The van der Waals surface area contributed by atoms with E-state index in [0.29, 0.717) is 46.8 Å². The summed E-state index contributed by atoms with van der Waals surface area (Å²) in [5.41, 5.74) is 8.18. The highest BCUT2D eigenvalue weighted by atomic mass is 35.5. The number of aromatic nitrogens is 2. The predicted octanol–water partition coefficient (Wildman–Crippen LogP) is 6.51. The van der Waals surface area contributed by atoms with Gasteiger partial charge in [-0.05, 0) is 61.9 Å². The second-order valence-corrected chi connectivity index (χ2v) is 12.9. The summed E-state index contributed by atoms with van der Waals surface area (Å²) in [6.45, 7) is 3.50. The number of halogens is 2. The molecule has 240 valence electrons. The molecule has 1 fully saturated rings. The molecule has 4 aromatic rings. The highest BCUT2D eigenvalue weighted by molar-refractivity contribution is 6.39. The zero-order valence-corrected chi connectivity index (χ0v) is 27.6. The Kier molecular flexibility index (Phi) is 10.2. The van der Waals surface area contributed by atoms with Crippen LogP contribution in [0.4, 0.5) is 0 Å². The number of hydrogen-bond donors (Lipinski definition) is 4. The minimum Gasteiger partial charge on any atom is -0.481 e. The van der Waals surface area contributed by atoms with E-state index in [9.17, 15) is 9.90 Å². The number of carbonyl (C=O) groups is 1. The quantitative estimate of drug-likeness (QED) is 0.145. The summed E-state index contributed by atoms with van der Waals surface area (Å²) in [7, 11) is 1.59. The van der Waals surface area contributed by atoms with Crippen molar-refractivity contribution in [1.82, 2.24) is 25.9 Å². The van der Waals surface area contributed by atoms with Gasteiger partial charge in [0, 0.05) is 72.2 Å². The molecule has 3 heterocycles. The maximum absolute atomic E-state index is 11.6. The molecule has 0 saturated carbocycles. The molecule has 2 aromatic heterocycles. The number of fused-ring (bicyclic) bond motifs is 1. The lowest BCUT2D eigenvalue weighted by Gasteiger charge is -2.28. The van der Waals surface area contributed by atoms with Crippen LogP contribution in [0.5, 0.6) is 5.88 Å². The fraction of sp³-hybridized carbons (Fsp3) is 0.361. The molecule has 10 heteroatoms. The van der Waals surface area contributed by atoms with E-state index in [-0.39, 0.29) is 18.0 Å². The number of pyridine rings is 2. The van der Waals surface area contributed by atoms with Crippen molar-refractivity contribution in [3.05, 3.63) is 87.5 Å². The van der Waals surface area contributed by atoms with Crippen LogP contribution in [0.2, 0.25) is 10.0 Å². The molecule has 0 unspecified atom stereocenters. The lowest BCUT2D eigenvalue weighted by atomic mass is 9.86. The molecular formula is C36H39Cl2N5O3. The molecule has 0 bridgehead atoms. The van der Waals surface area contributed by atoms with Gasteiger partial charge in [-0.2, -0.15) is 0 Å². The molecule has 2 aromatic carbocycles. The third-order valence-corrected chi connectivity index (χ3v) is 9.56. The van der Waals surface area contributed by atoms with E-state index in [2.05, 4.69) is 34.1 Å². The van der Waals surface area contributed by atoms with Gasteiger partial charge in [-0.3, -0.25) is 9.78 Å². The van der Waals surface area contributed by atoms with E-state index in [4.69, 9.17) is 37.9 Å². The Labute approximate surface area is 279 Å². The van der Waals surface area contributed by atoms with Gasteiger partial charge < -0.3 is 25.8 Å². The predicted molar refractivity (Wildman–Crippen MR) is 183 cm³/mol. The number of rotatable bonds is 11. The first kappa shape index (κ1) is 32.4. The number of benzene rings is 2. The van der Waals surface area contributed by atoms with Crippen molar-refractivity contribution in [2.45, 2.75) is 63.8 Å². The van der Waals surface area contributed by atoms with Gasteiger partial charge in [-0.15, -0.1) is 0 Å². The Balaban J connectivity index is 1.26. The normalized spacial score (nSPS) is 18.2. The van der Waals surface area contributed by atoms with Gasteiger partial charge in [0.25, 0.3) is 0 Å². The number of ether oxygens (including phenoxy) is 1. The van der Waals surface area contributed by atoms with Crippen molar-refractivity contribution in [1.29, 1.82) is 0 Å². The van der Waals surface area contributed by atoms with Crippen molar-refractivity contribution in [3.63, 3.8) is 0 Å². The molecule has 4 N–H and O–H groups in total. The summed E-state index contributed by atoms with van der Waals surface area (Å²) >= 11 is 14.2. The summed E-state index contributed by atoms with van der Waals surface area (Å²) in [5.74, 6) is 0.640. The van der Waals surface area contributed by atoms with Crippen molar-refractivity contribution < 1.29 is 14.6 Å². The molecule has 0 radical (unpaired) electrons. The monoisotopic (exact) mass is 659 g/mol. The number of hydrogen-bond acceptors (Lipinski definition) is 7. The average molecular weight is 661 g/mol. The van der Waals surface area contributed by atoms with E-state index in [1.165, 1.54) is 11.1 Å². The van der Waals surface area contributed by atoms with Crippen molar-refractivity contribution >= 4 is 29.1 Å². The SMILES string of the molecule is COc1nc(-c2cccc(-c3ccnc(-c4ccc5c(c4)CCC[C@H]5NC[C@H]4CCC(=O)N4)c3Cl)c2Cl)ccc1CNC[C@@H](C)O. The number of methoxy groups -OCH3 is 1. The van der Waals surface area contributed by atoms with E-state index in [0.717, 1.165) is 60.0 Å². The Morgan fingerprint density at radius 2 is 1.87 bits per heavy atom. The number of nitrogens with zero attached hydrogens (tertiary/aromatic N) is 2. The number of aliphatic hydroxyl groups excluding tert-OH is 1. The lowest BCUT2D eigenvalue weighted by Crippen LogP contribution is -2.38. The lowest BCUT2D eigenvalue weighted by molar-refractivity contribution is -0.119. The van der Waals surface area contributed by atoms with Crippen LogP contribution < -0.4 is 20.7 Å². The van der Waals surface area contributed by atoms with E-state index in [1.54, 1.807) is 20.2 Å². The van der Waals surface area contributed by atoms with Gasteiger partial charge in [-0.1, -0.05) is 59.6 Å². The van der Waals surface area contributed by atoms with Gasteiger partial charge in [0.15, 0.2) is 0 Å². The molecule has 1 amide bonds. The zero-order chi connectivity index (χ0) is 32.2. The van der Waals surface area contributed by atoms with Crippen LogP contribution in [0.15, 0.2) is 60.8 Å². The van der Waals surface area contributed by atoms with Crippen LogP contribution in [0.1, 0.15) is 55.3 Å². The maximum Gasteiger partial charge on any atom is 0.220 e. The van der Waals surface area contributed by atoms with E-state index in [1.807, 2.05) is 36.4 Å². The first-order valence-corrected chi connectivity index (χ1v) is 16.6. The van der Waals surface area contributed by atoms with Gasteiger partial charge in [-0.25, -0.2) is 4.98 Å². The number of amides is 1. The van der Waals surface area contributed by atoms with Gasteiger partial charge >= 0.3 is 0 Å². The highest BCUT2D eigenvalue weighted by Gasteiger charge is 2.25. The van der Waals surface area contributed by atoms with Crippen LogP contribution in [0.25, 0.3) is 33.6 Å². The van der Waals surface area contributed by atoms with Crippen molar-refractivity contribution in [2.24, 2.45) is 0 Å². The first-order valence-electron chi connectivity index (χ1n) is 15.8. The van der Waals surface area contributed by atoms with Gasteiger partial charge in [0.05, 0.1) is 34.6 Å². The molecule has 1 aliphatic carbocycles. The molecule has 2 aliphatic rings. The third kappa shape index (κ3) is 7.06. The highest BCUT2D eigenvalue weighted by Crippen LogP contribution is 2.42. The molecule has 6 rings (SSSR count). The van der Waals surface area contributed by atoms with E-state index >= 15 is 0 Å². The summed E-state index contributed by atoms with van der Waals surface area (Å²) < 4.78 is 5.59. The first-order chi connectivity index (χ1) is 22.3. The third-order valence-electron chi connectivity index (χ3n) is 8.77. The standard InChI is InChI=1S/C36H39Cl2N5O3/c1-21(44)18-39-19-24-10-13-31(43-36(24)46-2)29-7-4-6-27(33(29)37)28-15-16-40-35(34(28)38)23-9-12-26-22(17-23)5-3-8-30(26)41-20-25-11-14-32(45)42-25/h4,6-7,9-10,12-13,15-17,21,25,30,39,41,44H,3,5,8,11,14,18-20H2,1-2H3,(H,42,45)/t21-,25-,30-/m1/s1. The average Bonchev–Trinajstić information content (AvgIpc) is 3.48. The minimum atomic E-state index is -0.443. The Bertz CT molecular complexity index is 1730. The number of nitrogens with one attached hydrogen (secondary N) is 3. The summed E-state index contributed by atoms with van der Waals surface area (Å²) in [5, 5.41) is 20.6.